The Morgan fingerprint density at radius 1 is 1.18 bits per heavy atom. The first-order valence-electron chi connectivity index (χ1n) is 9.18. The molecule has 1 heterocycles. The standard InChI is InChI=1S/C22H23ClFN3O/c1-14(16-4-6-17(7-5-16)18-12-25-27(3)13-18)10-15(2)22(28)26-19-8-9-21(24)20(23)11-19/h4-9,11-15H,10H2,1-3H3,(H,26,28)/t14-,15+/m1/s1. The number of hydrogen-bond acceptors (Lipinski definition) is 2. The molecule has 1 aromatic heterocycles. The molecule has 0 aliphatic rings. The van der Waals surface area contributed by atoms with E-state index in [1.807, 2.05) is 26.4 Å². The van der Waals surface area contributed by atoms with Crippen LogP contribution in [0.2, 0.25) is 5.02 Å². The van der Waals surface area contributed by atoms with Gasteiger partial charge in [0.2, 0.25) is 5.91 Å². The predicted octanol–water partition coefficient (Wildman–Crippen LogP) is 5.65. The van der Waals surface area contributed by atoms with Gasteiger partial charge in [-0.3, -0.25) is 9.48 Å². The number of nitrogens with one attached hydrogen (secondary N) is 1. The Morgan fingerprint density at radius 2 is 1.89 bits per heavy atom. The first kappa shape index (κ1) is 20.1. The number of halogens is 2. The van der Waals surface area contributed by atoms with E-state index in [-0.39, 0.29) is 22.8 Å². The van der Waals surface area contributed by atoms with E-state index in [0.29, 0.717) is 12.1 Å². The molecule has 1 N–H and O–H groups in total. The average Bonchev–Trinajstić information content (AvgIpc) is 3.11. The lowest BCUT2D eigenvalue weighted by atomic mass is 9.90. The summed E-state index contributed by atoms with van der Waals surface area (Å²) in [7, 11) is 1.90. The highest BCUT2D eigenvalue weighted by Crippen LogP contribution is 2.27. The first-order valence-corrected chi connectivity index (χ1v) is 9.56. The van der Waals surface area contributed by atoms with Crippen molar-refractivity contribution in [3.8, 4) is 11.1 Å². The summed E-state index contributed by atoms with van der Waals surface area (Å²) in [5, 5.41) is 6.99. The molecule has 146 valence electrons. The molecule has 0 radical (unpaired) electrons. The molecule has 2 atom stereocenters. The molecule has 0 fully saturated rings. The van der Waals surface area contributed by atoms with Crippen LogP contribution in [0.5, 0.6) is 0 Å². The molecule has 0 bridgehead atoms. The molecule has 0 unspecified atom stereocenters. The minimum atomic E-state index is -0.504. The molecule has 1 amide bonds. The molecular formula is C22H23ClFN3O. The summed E-state index contributed by atoms with van der Waals surface area (Å²) in [6, 6.07) is 12.5. The van der Waals surface area contributed by atoms with Gasteiger partial charge in [-0.25, -0.2) is 4.39 Å². The quantitative estimate of drug-likeness (QED) is 0.582. The molecule has 0 saturated heterocycles. The third-order valence-corrected chi connectivity index (χ3v) is 5.15. The lowest BCUT2D eigenvalue weighted by Crippen LogP contribution is -2.21. The van der Waals surface area contributed by atoms with Gasteiger partial charge < -0.3 is 5.32 Å². The second-order valence-electron chi connectivity index (χ2n) is 7.18. The van der Waals surface area contributed by atoms with Crippen LogP contribution in [0.15, 0.2) is 54.9 Å². The molecule has 2 aromatic carbocycles. The molecule has 3 aromatic rings. The highest BCUT2D eigenvalue weighted by molar-refractivity contribution is 6.31. The number of benzene rings is 2. The Kier molecular flexibility index (Phi) is 6.15. The van der Waals surface area contributed by atoms with Crippen LogP contribution >= 0.6 is 11.6 Å². The maximum Gasteiger partial charge on any atom is 0.227 e. The van der Waals surface area contributed by atoms with Crippen LogP contribution in [0.1, 0.15) is 31.7 Å². The molecule has 3 rings (SSSR count). The number of carbonyl (C=O) groups is 1. The zero-order chi connectivity index (χ0) is 20.3. The number of anilines is 1. The Bertz CT molecular complexity index is 968. The minimum absolute atomic E-state index is 0.00692. The van der Waals surface area contributed by atoms with Crippen molar-refractivity contribution in [1.82, 2.24) is 9.78 Å². The van der Waals surface area contributed by atoms with Crippen LogP contribution in [-0.2, 0) is 11.8 Å². The van der Waals surface area contributed by atoms with E-state index < -0.39 is 5.82 Å². The molecule has 0 aliphatic carbocycles. The van der Waals surface area contributed by atoms with Crippen LogP contribution in [0.3, 0.4) is 0 Å². The van der Waals surface area contributed by atoms with Gasteiger partial charge in [0, 0.05) is 30.4 Å². The van der Waals surface area contributed by atoms with Gasteiger partial charge in [-0.15, -0.1) is 0 Å². The van der Waals surface area contributed by atoms with E-state index in [2.05, 4.69) is 41.6 Å². The number of amides is 1. The summed E-state index contributed by atoms with van der Waals surface area (Å²) >= 11 is 5.77. The Hall–Kier alpha value is -2.66. The lowest BCUT2D eigenvalue weighted by Gasteiger charge is -2.18. The minimum Gasteiger partial charge on any atom is -0.326 e. The van der Waals surface area contributed by atoms with Gasteiger partial charge in [0.15, 0.2) is 0 Å². The van der Waals surface area contributed by atoms with Gasteiger partial charge in [-0.1, -0.05) is 49.7 Å². The topological polar surface area (TPSA) is 46.9 Å². The summed E-state index contributed by atoms with van der Waals surface area (Å²) in [4.78, 5) is 12.5. The fourth-order valence-electron chi connectivity index (χ4n) is 3.19. The normalized spacial score (nSPS) is 13.2. The number of aromatic nitrogens is 2. The first-order chi connectivity index (χ1) is 13.3. The zero-order valence-corrected chi connectivity index (χ0v) is 16.9. The molecule has 6 heteroatoms. The lowest BCUT2D eigenvalue weighted by molar-refractivity contribution is -0.119. The van der Waals surface area contributed by atoms with Gasteiger partial charge in [0.05, 0.1) is 11.2 Å². The van der Waals surface area contributed by atoms with Crippen molar-refractivity contribution >= 4 is 23.2 Å². The maximum atomic E-state index is 13.2. The zero-order valence-electron chi connectivity index (χ0n) is 16.1. The molecule has 0 saturated carbocycles. The molecule has 4 nitrogen and oxygen atoms in total. The Labute approximate surface area is 169 Å². The fraction of sp³-hybridized carbons (Fsp3) is 0.273. The van der Waals surface area contributed by atoms with Crippen molar-refractivity contribution in [3.05, 3.63) is 71.3 Å². The molecular weight excluding hydrogens is 377 g/mol. The van der Waals surface area contributed by atoms with Crippen molar-refractivity contribution in [1.29, 1.82) is 0 Å². The molecule has 0 spiro atoms. The van der Waals surface area contributed by atoms with Crippen molar-refractivity contribution < 1.29 is 9.18 Å². The van der Waals surface area contributed by atoms with E-state index in [1.54, 1.807) is 4.68 Å². The predicted molar refractivity (Wildman–Crippen MR) is 111 cm³/mol. The fourth-order valence-corrected chi connectivity index (χ4v) is 3.37. The van der Waals surface area contributed by atoms with E-state index in [4.69, 9.17) is 11.6 Å². The van der Waals surface area contributed by atoms with Crippen molar-refractivity contribution in [3.63, 3.8) is 0 Å². The smallest absolute Gasteiger partial charge is 0.227 e. The third kappa shape index (κ3) is 4.78. The largest absolute Gasteiger partial charge is 0.326 e. The second kappa shape index (κ2) is 8.57. The average molecular weight is 400 g/mol. The third-order valence-electron chi connectivity index (χ3n) is 4.86. The summed E-state index contributed by atoms with van der Waals surface area (Å²) in [5.41, 5.74) is 3.87. The highest BCUT2D eigenvalue weighted by Gasteiger charge is 2.18. The van der Waals surface area contributed by atoms with Crippen LogP contribution in [-0.4, -0.2) is 15.7 Å². The van der Waals surface area contributed by atoms with Crippen molar-refractivity contribution in [2.75, 3.05) is 5.32 Å². The second-order valence-corrected chi connectivity index (χ2v) is 7.59. The van der Waals surface area contributed by atoms with Gasteiger partial charge in [0.1, 0.15) is 5.82 Å². The number of rotatable bonds is 6. The summed E-state index contributed by atoms with van der Waals surface area (Å²) in [6.07, 6.45) is 4.52. The van der Waals surface area contributed by atoms with E-state index in [9.17, 15) is 9.18 Å². The van der Waals surface area contributed by atoms with E-state index in [0.717, 1.165) is 11.1 Å². The van der Waals surface area contributed by atoms with Crippen molar-refractivity contribution in [2.45, 2.75) is 26.2 Å². The van der Waals surface area contributed by atoms with Gasteiger partial charge in [-0.05, 0) is 41.7 Å². The number of nitrogens with zero attached hydrogens (tertiary/aromatic N) is 2. The summed E-state index contributed by atoms with van der Waals surface area (Å²) in [6.45, 7) is 4.00. The van der Waals surface area contributed by atoms with Crippen LogP contribution in [0.4, 0.5) is 10.1 Å². The number of hydrogen-bond donors (Lipinski definition) is 1. The SMILES string of the molecule is C[C@H](C[C@H](C)C(=O)Nc1ccc(F)c(Cl)c1)c1ccc(-c2cnn(C)c2)cc1. The Balaban J connectivity index is 1.60. The molecule has 28 heavy (non-hydrogen) atoms. The van der Waals surface area contributed by atoms with Gasteiger partial charge in [-0.2, -0.15) is 5.10 Å². The van der Waals surface area contributed by atoms with Gasteiger partial charge in [0.25, 0.3) is 0 Å². The van der Waals surface area contributed by atoms with Crippen LogP contribution in [0, 0.1) is 11.7 Å². The number of carbonyl (C=O) groups excluding carboxylic acids is 1. The van der Waals surface area contributed by atoms with Crippen LogP contribution in [0.25, 0.3) is 11.1 Å². The monoisotopic (exact) mass is 399 g/mol. The van der Waals surface area contributed by atoms with E-state index >= 15 is 0 Å². The molecule has 0 aliphatic heterocycles. The van der Waals surface area contributed by atoms with Gasteiger partial charge >= 0.3 is 0 Å². The Morgan fingerprint density at radius 3 is 2.50 bits per heavy atom. The maximum absolute atomic E-state index is 13.2. The highest BCUT2D eigenvalue weighted by atomic mass is 35.5. The van der Waals surface area contributed by atoms with E-state index in [1.165, 1.54) is 23.8 Å². The number of aryl methyl sites for hydroxylation is 1. The van der Waals surface area contributed by atoms with Crippen LogP contribution < -0.4 is 5.32 Å². The summed E-state index contributed by atoms with van der Waals surface area (Å²) in [5.74, 6) is -0.588. The van der Waals surface area contributed by atoms with Crippen molar-refractivity contribution in [2.24, 2.45) is 13.0 Å². The summed E-state index contributed by atoms with van der Waals surface area (Å²) < 4.78 is 15.0.